The number of hydrogen-bond donors (Lipinski definition) is 18. The van der Waals surface area contributed by atoms with Gasteiger partial charge in [0.25, 0.3) is 0 Å². The lowest BCUT2D eigenvalue weighted by Gasteiger charge is -1.74. The summed E-state index contributed by atoms with van der Waals surface area (Å²) in [6.45, 7) is 0. The first kappa shape index (κ1) is 80.4. The van der Waals surface area contributed by atoms with Crippen LogP contribution in [-0.4, -0.2) is 199 Å². The maximum Gasteiger partial charge on any atom is 0.328 e. The van der Waals surface area contributed by atoms with E-state index < -0.39 is 107 Å². The van der Waals surface area contributed by atoms with E-state index in [0.29, 0.717) is 109 Å². The average molecular weight is 1040 g/mol. The number of rotatable bonds is 18. The van der Waals surface area contributed by atoms with Crippen molar-refractivity contribution in [2.75, 3.05) is 0 Å². The fraction of sp³-hybridized carbons (Fsp3) is 0. The zero-order chi connectivity index (χ0) is 59.1. The van der Waals surface area contributed by atoms with Gasteiger partial charge < -0.3 is 91.9 Å². The van der Waals surface area contributed by atoms with E-state index in [1.807, 2.05) is 0 Å². The van der Waals surface area contributed by atoms with Crippen LogP contribution in [0.3, 0.4) is 0 Å². The second-order valence-corrected chi connectivity index (χ2v) is 9.09. The summed E-state index contributed by atoms with van der Waals surface area (Å²) >= 11 is 0. The maximum absolute atomic E-state index is 9.55. The number of carboxylic acids is 18. The van der Waals surface area contributed by atoms with Crippen LogP contribution in [0.1, 0.15) is 0 Å². The molecule has 36 heteroatoms. The van der Waals surface area contributed by atoms with E-state index >= 15 is 0 Å². The van der Waals surface area contributed by atoms with E-state index in [2.05, 4.69) is 0 Å². The van der Waals surface area contributed by atoms with Gasteiger partial charge in [-0.15, -0.1) is 0 Å². The van der Waals surface area contributed by atoms with Crippen molar-refractivity contribution < 1.29 is 178 Å². The fourth-order valence-corrected chi connectivity index (χ4v) is 1.28. The van der Waals surface area contributed by atoms with Gasteiger partial charge in [0, 0.05) is 109 Å². The Morgan fingerprint density at radius 2 is 0.139 bits per heavy atom. The van der Waals surface area contributed by atoms with Crippen LogP contribution in [0, 0.1) is 0 Å². The molecule has 396 valence electrons. The second-order valence-electron chi connectivity index (χ2n) is 9.09. The van der Waals surface area contributed by atoms with Crippen LogP contribution in [0.2, 0.25) is 0 Å². The van der Waals surface area contributed by atoms with Gasteiger partial charge in [0.1, 0.15) is 0 Å². The van der Waals surface area contributed by atoms with Crippen LogP contribution >= 0.6 is 0 Å². The summed E-state index contributed by atoms with van der Waals surface area (Å²) in [6.07, 6.45) is 10.0. The molecule has 0 heterocycles. The monoisotopic (exact) mass is 1040 g/mol. The molecule has 0 rings (SSSR count). The van der Waals surface area contributed by atoms with E-state index in [9.17, 15) is 86.3 Å². The SMILES string of the molecule is O=C(O)/C=C/C(=O)O.O=C(O)/C=C/C(=O)O.O=C(O)/C=C/C(=O)O.O=C(O)/C=C/C(=O)O.O=C(O)/C=C/C(=O)O.O=C(O)/C=C/C(=O)O.O=C(O)/C=C/C(=O)O.O=C(O)/C=C/C(=O)O.O=C(O)/C=C/C(=O)O. The summed E-state index contributed by atoms with van der Waals surface area (Å²) in [4.78, 5) is 172. The molecule has 0 fully saturated rings. The Kier molecular flexibility index (Phi) is 61.7. The highest BCUT2D eigenvalue weighted by molar-refractivity contribution is 5.93. The highest BCUT2D eigenvalue weighted by Gasteiger charge is 1.93. The normalized spacial score (nSPS) is 9.50. The lowest BCUT2D eigenvalue weighted by Crippen LogP contribution is -1.91. The van der Waals surface area contributed by atoms with Gasteiger partial charge in [-0.25, -0.2) is 86.3 Å². The summed E-state index contributed by atoms with van der Waals surface area (Å²) < 4.78 is 0. The summed E-state index contributed by atoms with van der Waals surface area (Å²) in [6, 6.07) is 0. The number of carboxylic acid groups (broad SMARTS) is 18. The predicted octanol–water partition coefficient (Wildman–Crippen LogP) is -2.59. The summed E-state index contributed by atoms with van der Waals surface area (Å²) in [5, 5.41) is 141. The number of aliphatic carboxylic acids is 18. The Morgan fingerprint density at radius 3 is 0.153 bits per heavy atom. The summed E-state index contributed by atoms with van der Waals surface area (Å²) in [5.74, 6) is -22.6. The molecule has 0 aromatic heterocycles. The van der Waals surface area contributed by atoms with Gasteiger partial charge in [0.15, 0.2) is 0 Å². The molecular formula is C36H36O36. The Labute approximate surface area is 395 Å². The van der Waals surface area contributed by atoms with Crippen LogP contribution in [0.25, 0.3) is 0 Å². The second kappa shape index (κ2) is 55.3. The molecule has 0 aliphatic heterocycles. The Morgan fingerprint density at radius 1 is 0.111 bits per heavy atom. The third-order valence-electron chi connectivity index (χ3n) is 3.32. The van der Waals surface area contributed by atoms with Crippen molar-refractivity contribution in [1.29, 1.82) is 0 Å². The van der Waals surface area contributed by atoms with Gasteiger partial charge in [0.2, 0.25) is 0 Å². The molecule has 0 atom stereocenters. The molecule has 0 aromatic rings. The van der Waals surface area contributed by atoms with E-state index in [4.69, 9.17) is 91.9 Å². The van der Waals surface area contributed by atoms with Crippen molar-refractivity contribution in [2.45, 2.75) is 0 Å². The highest BCUT2D eigenvalue weighted by atomic mass is 16.4. The minimum Gasteiger partial charge on any atom is -0.478 e. The third-order valence-corrected chi connectivity index (χ3v) is 3.32. The average Bonchev–Trinajstić information content (AvgIpc) is 3.21. The van der Waals surface area contributed by atoms with Gasteiger partial charge in [-0.1, -0.05) is 0 Å². The lowest BCUT2D eigenvalue weighted by molar-refractivity contribution is -0.134. The van der Waals surface area contributed by atoms with Crippen molar-refractivity contribution in [3.05, 3.63) is 109 Å². The van der Waals surface area contributed by atoms with E-state index in [1.165, 1.54) is 0 Å². The molecule has 0 bridgehead atoms. The lowest BCUT2D eigenvalue weighted by atomic mass is 10.5. The molecule has 36 nitrogen and oxygen atoms in total. The van der Waals surface area contributed by atoms with E-state index in [0.717, 1.165) is 0 Å². The van der Waals surface area contributed by atoms with Crippen LogP contribution in [-0.2, 0) is 86.3 Å². The van der Waals surface area contributed by atoms with Crippen molar-refractivity contribution in [3.63, 3.8) is 0 Å². The van der Waals surface area contributed by atoms with Crippen LogP contribution in [0.15, 0.2) is 109 Å². The molecule has 18 N–H and O–H groups in total. The van der Waals surface area contributed by atoms with Crippen molar-refractivity contribution >= 4 is 107 Å². The molecule has 0 aromatic carbocycles. The Bertz CT molecular complexity index is 1560. The van der Waals surface area contributed by atoms with Gasteiger partial charge in [-0.3, -0.25) is 0 Å². The van der Waals surface area contributed by atoms with E-state index in [1.54, 1.807) is 0 Å². The van der Waals surface area contributed by atoms with Gasteiger partial charge >= 0.3 is 107 Å². The van der Waals surface area contributed by atoms with Crippen molar-refractivity contribution in [1.82, 2.24) is 0 Å². The van der Waals surface area contributed by atoms with E-state index in [-0.39, 0.29) is 0 Å². The van der Waals surface area contributed by atoms with Crippen molar-refractivity contribution in [3.8, 4) is 0 Å². The quantitative estimate of drug-likeness (QED) is 0.0626. The zero-order valence-electron chi connectivity index (χ0n) is 34.8. The molecule has 0 aliphatic carbocycles. The largest absolute Gasteiger partial charge is 0.478 e. The minimum atomic E-state index is -1.26. The Balaban J connectivity index is -0.0000000886. The predicted molar refractivity (Wildman–Crippen MR) is 220 cm³/mol. The first-order valence-electron chi connectivity index (χ1n) is 15.9. The molecule has 72 heavy (non-hydrogen) atoms. The van der Waals surface area contributed by atoms with Gasteiger partial charge in [0.05, 0.1) is 0 Å². The Hall–Kier alpha value is -11.9. The molecule has 0 unspecified atom stereocenters. The van der Waals surface area contributed by atoms with Crippen LogP contribution in [0.5, 0.6) is 0 Å². The van der Waals surface area contributed by atoms with Crippen LogP contribution in [0.4, 0.5) is 0 Å². The molecule has 0 saturated carbocycles. The van der Waals surface area contributed by atoms with Gasteiger partial charge in [-0.2, -0.15) is 0 Å². The standard InChI is InChI=1S/9C4H4O4/c9*5-3(6)1-2-4(7)8/h9*1-2H,(H,5,6)(H,7,8)/b9*2-1+. The third kappa shape index (κ3) is 173. The molecule has 0 amide bonds. The smallest absolute Gasteiger partial charge is 0.328 e. The molecule has 0 aliphatic rings. The first-order chi connectivity index (χ1) is 32.6. The number of hydrogen-bond acceptors (Lipinski definition) is 18. The highest BCUT2D eigenvalue weighted by Crippen LogP contribution is 1.75. The number of carbonyl (C=O) groups is 18. The summed E-state index contributed by atoms with van der Waals surface area (Å²) in [5.41, 5.74) is 0. The molecule has 0 spiro atoms. The zero-order valence-corrected chi connectivity index (χ0v) is 34.8. The molecule has 0 saturated heterocycles. The summed E-state index contributed by atoms with van der Waals surface area (Å²) in [7, 11) is 0. The molecule has 0 radical (unpaired) electrons. The van der Waals surface area contributed by atoms with Gasteiger partial charge in [-0.05, 0) is 0 Å². The molecular weight excluding hydrogens is 1010 g/mol. The maximum atomic E-state index is 9.55. The first-order valence-corrected chi connectivity index (χ1v) is 15.9. The fourth-order valence-electron chi connectivity index (χ4n) is 1.28. The van der Waals surface area contributed by atoms with Crippen molar-refractivity contribution in [2.24, 2.45) is 0 Å². The minimum absolute atomic E-state index is 0.558. The topological polar surface area (TPSA) is 671 Å². The van der Waals surface area contributed by atoms with Crippen LogP contribution < -0.4 is 0 Å².